The number of hydrogen-bond acceptors (Lipinski definition) is 4. The first-order valence-electron chi connectivity index (χ1n) is 13.0. The lowest BCUT2D eigenvalue weighted by molar-refractivity contribution is -0.136. The highest BCUT2D eigenvalue weighted by molar-refractivity contribution is 6.78. The minimum atomic E-state index is -1.91. The molecule has 4 nitrogen and oxygen atoms in total. The van der Waals surface area contributed by atoms with Gasteiger partial charge < -0.3 is 8.85 Å². The summed E-state index contributed by atoms with van der Waals surface area (Å²) < 4.78 is 13.0. The van der Waals surface area contributed by atoms with Crippen molar-refractivity contribution in [2.45, 2.75) is 142 Å². The van der Waals surface area contributed by atoms with E-state index in [1.54, 1.807) is 0 Å². The number of Topliss-reactive ketones (excluding diaryl/α,β-unsaturated/α-hetero) is 2. The lowest BCUT2D eigenvalue weighted by atomic mass is 10.1. The first-order chi connectivity index (χ1) is 14.7. The summed E-state index contributed by atoms with van der Waals surface area (Å²) in [5, 5.41) is 0. The number of carbonyl (C=O) groups is 2. The molecule has 0 bridgehead atoms. The van der Waals surface area contributed by atoms with Crippen LogP contribution < -0.4 is 0 Å². The highest BCUT2D eigenvalue weighted by Crippen LogP contribution is 2.43. The van der Waals surface area contributed by atoms with E-state index in [9.17, 15) is 9.59 Å². The molecular weight excluding hydrogens is 432 g/mol. The van der Waals surface area contributed by atoms with Crippen molar-refractivity contribution in [3.63, 3.8) is 0 Å². The molecule has 0 aromatic rings. The van der Waals surface area contributed by atoms with Crippen LogP contribution in [0.3, 0.4) is 0 Å². The third-order valence-corrected chi connectivity index (χ3v) is 19.8. The van der Waals surface area contributed by atoms with Gasteiger partial charge in [-0.2, -0.15) is 0 Å². The van der Waals surface area contributed by atoms with Gasteiger partial charge in [0.15, 0.2) is 28.2 Å². The van der Waals surface area contributed by atoms with Crippen LogP contribution in [-0.4, -0.2) is 41.4 Å². The lowest BCUT2D eigenvalue weighted by Gasteiger charge is -2.42. The maximum Gasteiger partial charge on any atom is 0.200 e. The Bertz CT molecular complexity index is 475. The smallest absolute Gasteiger partial charge is 0.200 e. The molecule has 0 amide bonds. The van der Waals surface area contributed by atoms with E-state index in [0.29, 0.717) is 72.1 Å². The molecule has 0 spiro atoms. The van der Waals surface area contributed by atoms with Crippen molar-refractivity contribution in [2.75, 3.05) is 13.2 Å². The first kappa shape index (κ1) is 31.7. The van der Waals surface area contributed by atoms with Crippen LogP contribution in [0.5, 0.6) is 0 Å². The molecule has 0 N–H and O–H groups in total. The van der Waals surface area contributed by atoms with Crippen molar-refractivity contribution in [1.29, 1.82) is 0 Å². The molecule has 0 aliphatic rings. The van der Waals surface area contributed by atoms with Crippen LogP contribution in [0.15, 0.2) is 0 Å². The second-order valence-electron chi connectivity index (χ2n) is 11.4. The van der Waals surface area contributed by atoms with E-state index in [2.05, 4.69) is 83.1 Å². The standard InChI is InChI=1S/C26H54O4Si2/c1-19(2)31(20(3)4,21(5)6)29-17-13-15-25(27)26(28)16-14-18-30-32(22(7)8,23(9)10)24(11)12/h19-24H,13-18H2,1-12H3. The molecule has 0 saturated carbocycles. The maximum atomic E-state index is 12.4. The predicted molar refractivity (Wildman–Crippen MR) is 142 cm³/mol. The summed E-state index contributed by atoms with van der Waals surface area (Å²) in [7, 11) is -3.82. The fourth-order valence-corrected chi connectivity index (χ4v) is 17.2. The van der Waals surface area contributed by atoms with Crippen LogP contribution in [0.25, 0.3) is 0 Å². The Hall–Kier alpha value is -0.306. The molecule has 190 valence electrons. The van der Waals surface area contributed by atoms with Crippen molar-refractivity contribution in [3.05, 3.63) is 0 Å². The molecule has 0 aliphatic carbocycles. The van der Waals surface area contributed by atoms with E-state index in [1.807, 2.05) is 0 Å². The monoisotopic (exact) mass is 486 g/mol. The molecule has 0 radical (unpaired) electrons. The molecule has 0 aromatic heterocycles. The highest BCUT2D eigenvalue weighted by atomic mass is 28.4. The zero-order chi connectivity index (χ0) is 25.3. The summed E-state index contributed by atoms with van der Waals surface area (Å²) in [4.78, 5) is 24.7. The zero-order valence-electron chi connectivity index (χ0n) is 23.3. The molecular formula is C26H54O4Si2. The Morgan fingerprint density at radius 3 is 0.906 bits per heavy atom. The largest absolute Gasteiger partial charge is 0.416 e. The molecule has 0 rings (SSSR count). The van der Waals surface area contributed by atoms with E-state index < -0.39 is 16.6 Å². The Morgan fingerprint density at radius 2 is 0.719 bits per heavy atom. The highest BCUT2D eigenvalue weighted by Gasteiger charge is 2.45. The molecule has 0 heterocycles. The van der Waals surface area contributed by atoms with Crippen molar-refractivity contribution < 1.29 is 18.4 Å². The van der Waals surface area contributed by atoms with Gasteiger partial charge in [0.2, 0.25) is 0 Å². The number of ketones is 2. The molecule has 0 aliphatic heterocycles. The molecule has 0 fully saturated rings. The van der Waals surface area contributed by atoms with Crippen LogP contribution in [0.4, 0.5) is 0 Å². The Labute approximate surface area is 201 Å². The summed E-state index contributed by atoms with van der Waals surface area (Å²) in [6, 6.07) is 0. The van der Waals surface area contributed by atoms with Crippen LogP contribution >= 0.6 is 0 Å². The average Bonchev–Trinajstić information content (AvgIpc) is 2.65. The van der Waals surface area contributed by atoms with Gasteiger partial charge >= 0.3 is 0 Å². The fraction of sp³-hybridized carbons (Fsp3) is 0.923. The molecule has 6 heteroatoms. The zero-order valence-corrected chi connectivity index (χ0v) is 25.3. The van der Waals surface area contributed by atoms with Gasteiger partial charge in [-0.05, 0) is 46.1 Å². The third-order valence-electron chi connectivity index (χ3n) is 7.53. The molecule has 32 heavy (non-hydrogen) atoms. The van der Waals surface area contributed by atoms with Crippen LogP contribution in [-0.2, 0) is 18.4 Å². The molecule has 0 unspecified atom stereocenters. The van der Waals surface area contributed by atoms with Gasteiger partial charge in [0, 0.05) is 26.1 Å². The Balaban J connectivity index is 4.59. The minimum Gasteiger partial charge on any atom is -0.416 e. The average molecular weight is 487 g/mol. The predicted octanol–water partition coefficient (Wildman–Crippen LogP) is 8.07. The van der Waals surface area contributed by atoms with E-state index in [0.717, 1.165) is 0 Å². The summed E-state index contributed by atoms with van der Waals surface area (Å²) in [6.07, 6.45) is 1.85. The number of rotatable bonds is 17. The van der Waals surface area contributed by atoms with E-state index in [1.165, 1.54) is 0 Å². The van der Waals surface area contributed by atoms with Gasteiger partial charge in [-0.1, -0.05) is 83.1 Å². The number of carbonyl (C=O) groups excluding carboxylic acids is 2. The van der Waals surface area contributed by atoms with E-state index >= 15 is 0 Å². The van der Waals surface area contributed by atoms with Gasteiger partial charge in [0.1, 0.15) is 0 Å². The topological polar surface area (TPSA) is 52.6 Å². The van der Waals surface area contributed by atoms with Crippen LogP contribution in [0, 0.1) is 0 Å². The summed E-state index contributed by atoms with van der Waals surface area (Å²) in [5.41, 5.74) is 3.16. The van der Waals surface area contributed by atoms with Crippen molar-refractivity contribution in [1.82, 2.24) is 0 Å². The van der Waals surface area contributed by atoms with Crippen LogP contribution in [0.2, 0.25) is 33.2 Å². The van der Waals surface area contributed by atoms with Crippen molar-refractivity contribution in [2.24, 2.45) is 0 Å². The van der Waals surface area contributed by atoms with Gasteiger partial charge in [0.25, 0.3) is 0 Å². The molecule has 0 atom stereocenters. The fourth-order valence-electron chi connectivity index (χ4n) is 6.24. The Morgan fingerprint density at radius 1 is 0.500 bits per heavy atom. The van der Waals surface area contributed by atoms with Gasteiger partial charge in [-0.3, -0.25) is 9.59 Å². The molecule has 0 aromatic carbocycles. The summed E-state index contributed by atoms with van der Waals surface area (Å²) in [5.74, 6) is -0.501. The van der Waals surface area contributed by atoms with Gasteiger partial charge in [-0.15, -0.1) is 0 Å². The Kier molecular flexibility index (Phi) is 14.0. The van der Waals surface area contributed by atoms with E-state index in [4.69, 9.17) is 8.85 Å². The summed E-state index contributed by atoms with van der Waals surface area (Å²) >= 11 is 0. The van der Waals surface area contributed by atoms with Gasteiger partial charge in [-0.25, -0.2) is 0 Å². The minimum absolute atomic E-state index is 0.250. The van der Waals surface area contributed by atoms with Crippen molar-refractivity contribution >= 4 is 28.2 Å². The second-order valence-corrected chi connectivity index (χ2v) is 22.3. The van der Waals surface area contributed by atoms with E-state index in [-0.39, 0.29) is 11.6 Å². The SMILES string of the molecule is CC(C)[Si](OCCCC(=O)C(=O)CCCO[Si](C(C)C)(C(C)C)C(C)C)(C(C)C)C(C)C. The van der Waals surface area contributed by atoms with Crippen molar-refractivity contribution in [3.8, 4) is 0 Å². The normalized spacial score (nSPS) is 13.4. The quantitative estimate of drug-likeness (QED) is 0.118. The number of hydrogen-bond donors (Lipinski definition) is 0. The lowest BCUT2D eigenvalue weighted by Crippen LogP contribution is -2.48. The first-order valence-corrected chi connectivity index (χ1v) is 17.3. The molecule has 0 saturated heterocycles. The second kappa shape index (κ2) is 14.2. The van der Waals surface area contributed by atoms with Gasteiger partial charge in [0.05, 0.1) is 0 Å². The third kappa shape index (κ3) is 7.88. The summed E-state index contributed by atoms with van der Waals surface area (Å²) in [6.45, 7) is 28.3. The maximum absolute atomic E-state index is 12.4. The van der Waals surface area contributed by atoms with Crippen LogP contribution in [0.1, 0.15) is 109 Å².